The molecule has 0 bridgehead atoms. The number of aliphatic hydroxyl groups excluding tert-OH is 1. The summed E-state index contributed by atoms with van der Waals surface area (Å²) in [6.45, 7) is 17.2. The van der Waals surface area contributed by atoms with E-state index in [2.05, 4.69) is 16.1 Å². The molecule has 3 fully saturated rings. The van der Waals surface area contributed by atoms with Crippen LogP contribution in [0.25, 0.3) is 11.0 Å². The molecule has 0 unspecified atom stereocenters. The third kappa shape index (κ3) is 8.71. The lowest BCUT2D eigenvalue weighted by molar-refractivity contribution is -0.295. The maximum absolute atomic E-state index is 14.8. The van der Waals surface area contributed by atoms with Crippen LogP contribution in [0, 0.1) is 23.7 Å². The highest BCUT2D eigenvalue weighted by Gasteiger charge is 2.61. The first-order chi connectivity index (χ1) is 26.9. The predicted octanol–water partition coefficient (Wildman–Crippen LogP) is 5.19. The van der Waals surface area contributed by atoms with Gasteiger partial charge in [-0.05, 0) is 91.2 Å². The number of hydrogen-bond acceptors (Lipinski definition) is 12. The number of cyclic esters (lactones) is 1. The van der Waals surface area contributed by atoms with Gasteiger partial charge in [0.05, 0.1) is 34.9 Å². The zero-order valence-electron chi connectivity index (χ0n) is 35.4. The Hall–Kier alpha value is -3.69. The van der Waals surface area contributed by atoms with Gasteiger partial charge in [-0.2, -0.15) is 0 Å². The second-order valence-electron chi connectivity index (χ2n) is 16.9. The maximum atomic E-state index is 14.8. The Morgan fingerprint density at radius 2 is 1.75 bits per heavy atom. The molecule has 1 N–H and O–H groups in total. The van der Waals surface area contributed by atoms with Crippen molar-refractivity contribution in [2.45, 2.75) is 141 Å². The Bertz CT molecular complexity index is 1770. The van der Waals surface area contributed by atoms with E-state index in [1.807, 2.05) is 50.3 Å². The number of nitrogens with zero attached hydrogens (tertiary/aromatic N) is 4. The number of fused-ring (bicyclic) bond motifs is 2. The lowest BCUT2D eigenvalue weighted by Crippen LogP contribution is -2.60. The van der Waals surface area contributed by atoms with Crippen LogP contribution in [-0.2, 0) is 44.6 Å². The number of unbranched alkanes of at least 4 members (excludes halogenated alkanes) is 1. The van der Waals surface area contributed by atoms with Crippen molar-refractivity contribution in [3.63, 3.8) is 0 Å². The van der Waals surface area contributed by atoms with Crippen LogP contribution in [-0.4, -0.2) is 130 Å². The fourth-order valence-corrected chi connectivity index (χ4v) is 9.46. The molecule has 0 spiro atoms. The van der Waals surface area contributed by atoms with Crippen molar-refractivity contribution in [3.8, 4) is 0 Å². The molecular weight excluding hydrogens is 732 g/mol. The first kappa shape index (κ1) is 44.4. The number of ether oxygens (including phenoxy) is 5. The van der Waals surface area contributed by atoms with E-state index in [4.69, 9.17) is 23.7 Å². The second-order valence-corrected chi connectivity index (χ2v) is 16.9. The predicted molar refractivity (Wildman–Crippen MR) is 213 cm³/mol. The van der Waals surface area contributed by atoms with E-state index in [0.29, 0.717) is 19.4 Å². The lowest BCUT2D eigenvalue weighted by Gasteiger charge is -2.47. The van der Waals surface area contributed by atoms with Gasteiger partial charge >= 0.3 is 12.1 Å². The number of aliphatic hydroxyl groups is 1. The maximum Gasteiger partial charge on any atom is 0.411 e. The van der Waals surface area contributed by atoms with Gasteiger partial charge in [0.25, 0.3) is 0 Å². The average Bonchev–Trinajstić information content (AvgIpc) is 3.74. The van der Waals surface area contributed by atoms with Crippen molar-refractivity contribution in [2.24, 2.45) is 23.7 Å². The van der Waals surface area contributed by atoms with Crippen LogP contribution in [0.5, 0.6) is 0 Å². The molecule has 0 aliphatic carbocycles. The van der Waals surface area contributed by atoms with E-state index in [9.17, 15) is 24.3 Å². The number of rotatable bonds is 11. The molecule has 57 heavy (non-hydrogen) atoms. The normalized spacial score (nSPS) is 37.2. The molecule has 1 amide bonds. The van der Waals surface area contributed by atoms with E-state index < -0.39 is 83.4 Å². The highest BCUT2D eigenvalue weighted by Crippen LogP contribution is 2.44. The number of ketones is 2. The fourth-order valence-electron chi connectivity index (χ4n) is 9.46. The minimum Gasteiger partial charge on any atom is -0.457 e. The molecule has 0 radical (unpaired) electrons. The molecule has 2 aromatic heterocycles. The summed E-state index contributed by atoms with van der Waals surface area (Å²) < 4.78 is 33.4. The summed E-state index contributed by atoms with van der Waals surface area (Å²) in [5, 5.41) is 11.4. The largest absolute Gasteiger partial charge is 0.457 e. The zero-order chi connectivity index (χ0) is 42.0. The van der Waals surface area contributed by atoms with E-state index in [-0.39, 0.29) is 37.3 Å². The summed E-state index contributed by atoms with van der Waals surface area (Å²) in [4.78, 5) is 65.0. The Morgan fingerprint density at radius 1 is 1.05 bits per heavy atom. The van der Waals surface area contributed by atoms with Crippen LogP contribution in [0.3, 0.4) is 0 Å². The smallest absolute Gasteiger partial charge is 0.411 e. The number of hydrogen-bond donors (Lipinski definition) is 1. The van der Waals surface area contributed by atoms with Crippen molar-refractivity contribution in [1.82, 2.24) is 19.4 Å². The van der Waals surface area contributed by atoms with Crippen molar-refractivity contribution >= 4 is 34.7 Å². The van der Waals surface area contributed by atoms with Gasteiger partial charge < -0.3 is 38.3 Å². The van der Waals surface area contributed by atoms with E-state index in [1.165, 1.54) is 20.1 Å². The number of esters is 1. The molecule has 5 rings (SSSR count). The molecule has 3 saturated heterocycles. The summed E-state index contributed by atoms with van der Waals surface area (Å²) in [5.41, 5.74) is -0.945. The van der Waals surface area contributed by atoms with Gasteiger partial charge in [-0.3, -0.25) is 24.3 Å². The van der Waals surface area contributed by atoms with Gasteiger partial charge in [0.2, 0.25) is 0 Å². The van der Waals surface area contributed by atoms with E-state index >= 15 is 0 Å². The summed E-state index contributed by atoms with van der Waals surface area (Å²) >= 11 is 0. The van der Waals surface area contributed by atoms with Gasteiger partial charge in [-0.15, -0.1) is 0 Å². The standard InChI is InChI=1S/C43H64N4O10/c1-12-33-43(13-2)37(47(41(52)57-43)21-15-14-20-46-22-18-30-31(46)17-16-19-44-30)27(5)34(48)25(3)24-42(8,53-11)38(28(6)35(49)29(7)39(51)55-33)56-40-36(50)32(45(9)10)23-26(4)54-40/h13,16-19,22,25-29,32-33,36-38,40,50H,2,12,14-15,20-21,23-24H2,1,3-11H3/t25-,26-,27+,28+,29-,32+,33-,36-,37-,38-,40+,42-,43-/m1/s1. The number of amides is 1. The number of carbonyl (C=O) groups excluding carboxylic acids is 4. The van der Waals surface area contributed by atoms with Gasteiger partial charge in [0.15, 0.2) is 17.7 Å². The van der Waals surface area contributed by atoms with Gasteiger partial charge in [0, 0.05) is 56.4 Å². The van der Waals surface area contributed by atoms with Crippen LogP contribution >= 0.6 is 0 Å². The highest BCUT2D eigenvalue weighted by atomic mass is 16.7. The summed E-state index contributed by atoms with van der Waals surface area (Å²) in [6.07, 6.45) is 2.26. The number of likely N-dealkylation sites (N-methyl/N-ethyl adjacent to an activating group) is 1. The first-order valence-electron chi connectivity index (χ1n) is 20.5. The van der Waals surface area contributed by atoms with Crippen molar-refractivity contribution in [2.75, 3.05) is 27.7 Å². The monoisotopic (exact) mass is 796 g/mol. The Kier molecular flexibility index (Phi) is 14.1. The average molecular weight is 797 g/mol. The molecule has 3 aliphatic heterocycles. The molecule has 13 atom stereocenters. The summed E-state index contributed by atoms with van der Waals surface area (Å²) in [7, 11) is 5.23. The quantitative estimate of drug-likeness (QED) is 0.138. The Morgan fingerprint density at radius 3 is 2.40 bits per heavy atom. The molecule has 3 aliphatic rings. The Labute approximate surface area is 337 Å². The van der Waals surface area contributed by atoms with E-state index in [0.717, 1.165) is 17.5 Å². The van der Waals surface area contributed by atoms with Crippen LogP contribution in [0.1, 0.15) is 80.6 Å². The number of Topliss-reactive ketones (excluding diaryl/α,β-unsaturated/α-hetero) is 2. The van der Waals surface area contributed by atoms with Gasteiger partial charge in [0.1, 0.15) is 23.9 Å². The fraction of sp³-hybridized carbons (Fsp3) is 0.698. The third-order valence-electron chi connectivity index (χ3n) is 12.8. The number of carbonyl (C=O) groups is 4. The number of aromatic nitrogens is 2. The summed E-state index contributed by atoms with van der Waals surface area (Å²) in [5.74, 6) is -5.14. The number of aryl methyl sites for hydroxylation is 1. The minimum absolute atomic E-state index is 0.114. The Balaban J connectivity index is 1.49. The van der Waals surface area contributed by atoms with Crippen molar-refractivity contribution in [3.05, 3.63) is 43.2 Å². The molecule has 0 aromatic carbocycles. The molecule has 14 nitrogen and oxygen atoms in total. The molecule has 14 heteroatoms. The second kappa shape index (κ2) is 18.1. The molecule has 316 valence electrons. The molecular formula is C43H64N4O10. The van der Waals surface area contributed by atoms with E-state index in [1.54, 1.807) is 45.7 Å². The van der Waals surface area contributed by atoms with Gasteiger partial charge in [-0.1, -0.05) is 34.3 Å². The third-order valence-corrected chi connectivity index (χ3v) is 12.8. The highest BCUT2D eigenvalue weighted by molar-refractivity contribution is 6.00. The number of pyridine rings is 1. The first-order valence-corrected chi connectivity index (χ1v) is 20.5. The topological polar surface area (TPSA) is 159 Å². The number of methoxy groups -OCH3 is 1. The molecule has 5 heterocycles. The zero-order valence-corrected chi connectivity index (χ0v) is 35.4. The van der Waals surface area contributed by atoms with Crippen LogP contribution in [0.15, 0.2) is 43.2 Å². The van der Waals surface area contributed by atoms with Gasteiger partial charge in [-0.25, -0.2) is 4.79 Å². The summed E-state index contributed by atoms with van der Waals surface area (Å²) in [6, 6.07) is 4.71. The van der Waals surface area contributed by atoms with Crippen molar-refractivity contribution < 1.29 is 48.0 Å². The van der Waals surface area contributed by atoms with Crippen LogP contribution < -0.4 is 0 Å². The molecule has 2 aromatic rings. The SMILES string of the molecule is C=C[C@]12OC(=O)N(CCCCn3ccc4ncccc43)[C@@H]1[C@@H](C)C(=O)[C@H](C)C[C@@](C)(OC)[C@H](O[C@@H]1O[C@H](C)C[C@H](N(C)C)[C@H]1O)[C@@H](C)C(=O)[C@@H](C)C(=O)O[C@@H]2CC. The minimum atomic E-state index is -1.58. The van der Waals surface area contributed by atoms with Crippen LogP contribution in [0.4, 0.5) is 4.79 Å². The lowest BCUT2D eigenvalue weighted by atomic mass is 9.72. The van der Waals surface area contributed by atoms with Crippen molar-refractivity contribution in [1.29, 1.82) is 0 Å². The molecule has 0 saturated carbocycles. The van der Waals surface area contributed by atoms with Crippen LogP contribution in [0.2, 0.25) is 0 Å².